The first-order valence-electron chi connectivity index (χ1n) is 15.3. The predicted octanol–water partition coefficient (Wildman–Crippen LogP) is 4.45. The zero-order chi connectivity index (χ0) is 36.3. The molecule has 0 unspecified atom stereocenters. The summed E-state index contributed by atoms with van der Waals surface area (Å²) in [6.07, 6.45) is -6.17. The topological polar surface area (TPSA) is 173 Å². The molecule has 0 saturated carbocycles. The summed E-state index contributed by atoms with van der Waals surface area (Å²) in [7, 11) is -4.27. The van der Waals surface area contributed by atoms with E-state index in [1.807, 2.05) is 0 Å². The van der Waals surface area contributed by atoms with E-state index in [1.54, 1.807) is 102 Å². The standard InChI is InChI=1S/C33H50N2O11S/c1-19-14-16-20(17-15-19)47(40,41)35-34-25-24(46-29(39)33(11,12)13)23(45-28(38)32(8,9)10)22(44-27(37)31(5,6)7)21(43-25)18-42-26(36)30(2,3)4/h14-17,21-24,35H,18H2,1-13H3/b34-25-/t21-,22-,23+,24-/m1/s1. The number of hydrogen-bond acceptors (Lipinski definition) is 12. The number of ether oxygens (including phenoxy) is 5. The third-order valence-corrected chi connectivity index (χ3v) is 7.88. The van der Waals surface area contributed by atoms with E-state index in [4.69, 9.17) is 23.7 Å². The first-order chi connectivity index (χ1) is 21.1. The summed E-state index contributed by atoms with van der Waals surface area (Å²) in [6.45, 7) is 20.5. The van der Waals surface area contributed by atoms with Crippen molar-refractivity contribution in [1.29, 1.82) is 0 Å². The average molecular weight is 683 g/mol. The minimum atomic E-state index is -4.27. The molecule has 0 aromatic heterocycles. The number of hydrogen-bond donors (Lipinski definition) is 1. The van der Waals surface area contributed by atoms with Crippen molar-refractivity contribution in [2.75, 3.05) is 6.61 Å². The number of hydrazone groups is 1. The second-order valence-electron chi connectivity index (χ2n) is 15.7. The molecule has 1 aliphatic rings. The van der Waals surface area contributed by atoms with E-state index in [-0.39, 0.29) is 4.90 Å². The SMILES string of the molecule is Cc1ccc(S(=O)(=O)N/N=C2\O[C@H](COC(=O)C(C)(C)C)[C@@H](OC(=O)C(C)(C)C)[C@H](OC(=O)C(C)(C)C)[C@H]2OC(=O)C(C)(C)C)cc1. The molecule has 13 nitrogen and oxygen atoms in total. The lowest BCUT2D eigenvalue weighted by Gasteiger charge is -2.42. The van der Waals surface area contributed by atoms with Crippen LogP contribution in [0.1, 0.15) is 88.6 Å². The van der Waals surface area contributed by atoms with Crippen molar-refractivity contribution in [3.05, 3.63) is 29.8 Å². The molecular weight excluding hydrogens is 632 g/mol. The normalized spacial score (nSPS) is 21.7. The van der Waals surface area contributed by atoms with Crippen LogP contribution >= 0.6 is 0 Å². The maximum absolute atomic E-state index is 13.3. The molecule has 1 aliphatic heterocycles. The molecule has 1 N–H and O–H groups in total. The van der Waals surface area contributed by atoms with Crippen molar-refractivity contribution in [3.8, 4) is 0 Å². The number of benzene rings is 1. The highest BCUT2D eigenvalue weighted by atomic mass is 32.2. The summed E-state index contributed by atoms with van der Waals surface area (Å²) in [5, 5.41) is 3.99. The van der Waals surface area contributed by atoms with E-state index in [0.29, 0.717) is 0 Å². The van der Waals surface area contributed by atoms with Crippen molar-refractivity contribution in [2.45, 2.75) is 119 Å². The van der Waals surface area contributed by atoms with Gasteiger partial charge in [0, 0.05) is 0 Å². The lowest BCUT2D eigenvalue weighted by atomic mass is 9.93. The summed E-state index contributed by atoms with van der Waals surface area (Å²) in [5.74, 6) is -3.41. The van der Waals surface area contributed by atoms with Crippen molar-refractivity contribution in [2.24, 2.45) is 26.8 Å². The second kappa shape index (κ2) is 14.2. The van der Waals surface area contributed by atoms with Gasteiger partial charge in [-0.1, -0.05) is 17.7 Å². The molecule has 1 fully saturated rings. The zero-order valence-corrected chi connectivity index (χ0v) is 30.5. The van der Waals surface area contributed by atoms with E-state index in [0.717, 1.165) is 5.56 Å². The Morgan fingerprint density at radius 3 is 1.57 bits per heavy atom. The van der Waals surface area contributed by atoms with Crippen LogP contribution in [0.4, 0.5) is 0 Å². The van der Waals surface area contributed by atoms with Gasteiger partial charge < -0.3 is 23.7 Å². The van der Waals surface area contributed by atoms with Crippen molar-refractivity contribution in [3.63, 3.8) is 0 Å². The van der Waals surface area contributed by atoms with Gasteiger partial charge in [0.15, 0.2) is 18.3 Å². The van der Waals surface area contributed by atoms with Crippen LogP contribution in [-0.4, -0.2) is 69.2 Å². The molecule has 0 aliphatic carbocycles. The van der Waals surface area contributed by atoms with Crippen LogP contribution in [0.25, 0.3) is 0 Å². The fraction of sp³-hybridized carbons (Fsp3) is 0.667. The van der Waals surface area contributed by atoms with Gasteiger partial charge in [-0.15, -0.1) is 5.10 Å². The Morgan fingerprint density at radius 1 is 0.702 bits per heavy atom. The lowest BCUT2D eigenvalue weighted by Crippen LogP contribution is -2.62. The molecule has 1 saturated heterocycles. The van der Waals surface area contributed by atoms with Crippen LogP contribution < -0.4 is 4.83 Å². The number of aryl methyl sites for hydroxylation is 1. The van der Waals surface area contributed by atoms with Crippen LogP contribution in [0, 0.1) is 28.6 Å². The molecule has 1 aromatic carbocycles. The Balaban J connectivity index is 2.79. The van der Waals surface area contributed by atoms with Gasteiger partial charge >= 0.3 is 23.9 Å². The third-order valence-electron chi connectivity index (χ3n) is 6.66. The van der Waals surface area contributed by atoms with Crippen LogP contribution in [0.3, 0.4) is 0 Å². The first-order valence-corrected chi connectivity index (χ1v) is 16.8. The van der Waals surface area contributed by atoms with Gasteiger partial charge in [0.05, 0.1) is 26.6 Å². The average Bonchev–Trinajstić information content (AvgIpc) is 2.91. The minimum absolute atomic E-state index is 0.116. The highest BCUT2D eigenvalue weighted by Crippen LogP contribution is 2.32. The number of rotatable bonds is 8. The molecule has 14 heteroatoms. The maximum atomic E-state index is 13.3. The van der Waals surface area contributed by atoms with Crippen LogP contribution in [0.15, 0.2) is 34.3 Å². The molecule has 0 bridgehead atoms. The summed E-state index contributed by atoms with van der Waals surface area (Å²) in [5.41, 5.74) is -3.29. The molecule has 0 spiro atoms. The number of carbonyl (C=O) groups is 4. The Labute approximate surface area is 278 Å². The molecule has 264 valence electrons. The molecule has 4 atom stereocenters. The van der Waals surface area contributed by atoms with Crippen molar-refractivity contribution in [1.82, 2.24) is 4.83 Å². The Bertz CT molecular complexity index is 1460. The van der Waals surface area contributed by atoms with E-state index in [2.05, 4.69) is 9.93 Å². The summed E-state index contributed by atoms with van der Waals surface area (Å²) in [6, 6.07) is 5.95. The molecule has 0 amide bonds. The number of esters is 4. The fourth-order valence-electron chi connectivity index (χ4n) is 3.56. The van der Waals surface area contributed by atoms with Gasteiger partial charge in [-0.25, -0.2) is 0 Å². The summed E-state index contributed by atoms with van der Waals surface area (Å²) >= 11 is 0. The van der Waals surface area contributed by atoms with Gasteiger partial charge in [-0.2, -0.15) is 13.2 Å². The Morgan fingerprint density at radius 2 is 1.13 bits per heavy atom. The molecular formula is C33H50N2O11S. The van der Waals surface area contributed by atoms with Gasteiger partial charge in [0.25, 0.3) is 15.9 Å². The largest absolute Gasteiger partial charge is 0.466 e. The van der Waals surface area contributed by atoms with E-state index >= 15 is 0 Å². The van der Waals surface area contributed by atoms with E-state index in [1.165, 1.54) is 12.1 Å². The smallest absolute Gasteiger partial charge is 0.312 e. The van der Waals surface area contributed by atoms with Crippen molar-refractivity contribution >= 4 is 39.8 Å². The first kappa shape index (κ1) is 39.5. The molecule has 1 aromatic rings. The van der Waals surface area contributed by atoms with Crippen LogP contribution in [0.2, 0.25) is 0 Å². The van der Waals surface area contributed by atoms with Gasteiger partial charge in [0.2, 0.25) is 6.10 Å². The monoisotopic (exact) mass is 682 g/mol. The summed E-state index contributed by atoms with van der Waals surface area (Å²) < 4.78 is 55.5. The highest BCUT2D eigenvalue weighted by Gasteiger charge is 2.54. The minimum Gasteiger partial charge on any atom is -0.466 e. The predicted molar refractivity (Wildman–Crippen MR) is 172 cm³/mol. The highest BCUT2D eigenvalue weighted by molar-refractivity contribution is 7.89. The van der Waals surface area contributed by atoms with Crippen molar-refractivity contribution < 1.29 is 51.3 Å². The van der Waals surface area contributed by atoms with Gasteiger partial charge in [-0.3, -0.25) is 19.2 Å². The van der Waals surface area contributed by atoms with E-state index < -0.39 is 92.5 Å². The second-order valence-corrected chi connectivity index (χ2v) is 17.3. The molecule has 2 rings (SSSR count). The molecule has 47 heavy (non-hydrogen) atoms. The number of nitrogens with zero attached hydrogens (tertiary/aromatic N) is 1. The Hall–Kier alpha value is -3.68. The maximum Gasteiger partial charge on any atom is 0.312 e. The number of nitrogens with one attached hydrogen (secondary N) is 1. The fourth-order valence-corrected chi connectivity index (χ4v) is 4.37. The quantitative estimate of drug-likeness (QED) is 0.233. The van der Waals surface area contributed by atoms with E-state index in [9.17, 15) is 27.6 Å². The van der Waals surface area contributed by atoms with Crippen LogP contribution in [0.5, 0.6) is 0 Å². The lowest BCUT2D eigenvalue weighted by molar-refractivity contribution is -0.212. The number of sulfonamides is 1. The Kier molecular flexibility index (Phi) is 11.9. The van der Waals surface area contributed by atoms with Gasteiger partial charge in [0.1, 0.15) is 6.61 Å². The molecule has 1 heterocycles. The zero-order valence-electron chi connectivity index (χ0n) is 29.7. The van der Waals surface area contributed by atoms with Crippen LogP contribution in [-0.2, 0) is 52.9 Å². The number of carbonyl (C=O) groups excluding carboxylic acids is 4. The van der Waals surface area contributed by atoms with Gasteiger partial charge in [-0.05, 0) is 102 Å². The summed E-state index contributed by atoms with van der Waals surface area (Å²) in [4.78, 5) is 54.6. The molecule has 0 radical (unpaired) electrons. The third kappa shape index (κ3) is 10.9.